The second-order valence-electron chi connectivity index (χ2n) is 2.82. The fourth-order valence-electron chi connectivity index (χ4n) is 1.33. The van der Waals surface area contributed by atoms with Gasteiger partial charge >= 0.3 is 0 Å². The Labute approximate surface area is 82.0 Å². The second-order valence-corrected chi connectivity index (χ2v) is 3.90. The highest BCUT2D eigenvalue weighted by atomic mass is 32.1. The third-order valence-electron chi connectivity index (χ3n) is 1.94. The minimum Gasteiger partial charge on any atom is -0.390 e. The van der Waals surface area contributed by atoms with Gasteiger partial charge in [-0.25, -0.2) is 13.2 Å². The summed E-state index contributed by atoms with van der Waals surface area (Å²) in [5, 5.41) is 0.393. The number of nitrogen functional groups attached to an aromatic ring is 1. The number of benzene rings is 1. The summed E-state index contributed by atoms with van der Waals surface area (Å²) in [6, 6.07) is 3.70. The average Bonchev–Trinajstić information content (AvgIpc) is 2.39. The Morgan fingerprint density at radius 2 is 2.00 bits per heavy atom. The van der Waals surface area contributed by atoms with Gasteiger partial charge in [0.05, 0.1) is 10.6 Å². The molecule has 0 spiro atoms. The molecule has 5 heteroatoms. The topological polar surface area (TPSA) is 26.0 Å². The molecule has 2 rings (SSSR count). The molecule has 0 saturated heterocycles. The van der Waals surface area contributed by atoms with Crippen LogP contribution in [-0.2, 0) is 0 Å². The van der Waals surface area contributed by atoms with Crippen molar-refractivity contribution in [1.29, 1.82) is 0 Å². The van der Waals surface area contributed by atoms with Crippen molar-refractivity contribution < 1.29 is 13.2 Å². The van der Waals surface area contributed by atoms with Gasteiger partial charge in [0, 0.05) is 10.1 Å². The molecule has 0 aliphatic carbocycles. The van der Waals surface area contributed by atoms with Crippen LogP contribution in [0.25, 0.3) is 10.1 Å². The van der Waals surface area contributed by atoms with Crippen molar-refractivity contribution in [2.24, 2.45) is 0 Å². The van der Waals surface area contributed by atoms with Crippen molar-refractivity contribution in [3.8, 4) is 0 Å². The minimum atomic E-state index is -2.62. The predicted molar refractivity (Wildman–Crippen MR) is 51.2 cm³/mol. The van der Waals surface area contributed by atoms with Crippen LogP contribution in [0.15, 0.2) is 18.2 Å². The SMILES string of the molecule is Nc1sc2cc(F)ccc2c1C(F)F. The first-order valence-corrected chi connectivity index (χ1v) is 4.67. The Kier molecular flexibility index (Phi) is 2.11. The van der Waals surface area contributed by atoms with Crippen molar-refractivity contribution in [2.45, 2.75) is 6.43 Å². The Morgan fingerprint density at radius 1 is 1.29 bits per heavy atom. The summed E-state index contributed by atoms with van der Waals surface area (Å²) in [7, 11) is 0. The number of hydrogen-bond acceptors (Lipinski definition) is 2. The molecule has 0 unspecified atom stereocenters. The van der Waals surface area contributed by atoms with Crippen LogP contribution in [0.4, 0.5) is 18.2 Å². The molecule has 0 aliphatic rings. The van der Waals surface area contributed by atoms with Gasteiger partial charge in [-0.3, -0.25) is 0 Å². The largest absolute Gasteiger partial charge is 0.390 e. The molecular formula is C9H6F3NS. The molecule has 1 aromatic heterocycles. The summed E-state index contributed by atoms with van der Waals surface area (Å²) in [4.78, 5) is 0. The van der Waals surface area contributed by atoms with Crippen molar-refractivity contribution >= 4 is 26.4 Å². The van der Waals surface area contributed by atoms with Gasteiger partial charge in [0.2, 0.25) is 0 Å². The highest BCUT2D eigenvalue weighted by molar-refractivity contribution is 7.22. The van der Waals surface area contributed by atoms with Gasteiger partial charge in [-0.2, -0.15) is 0 Å². The smallest absolute Gasteiger partial charge is 0.267 e. The maximum Gasteiger partial charge on any atom is 0.267 e. The van der Waals surface area contributed by atoms with Crippen molar-refractivity contribution in [3.05, 3.63) is 29.6 Å². The van der Waals surface area contributed by atoms with Crippen LogP contribution in [0.5, 0.6) is 0 Å². The number of hydrogen-bond donors (Lipinski definition) is 1. The van der Waals surface area contributed by atoms with E-state index in [9.17, 15) is 13.2 Å². The monoisotopic (exact) mass is 217 g/mol. The van der Waals surface area contributed by atoms with E-state index in [0.717, 1.165) is 17.4 Å². The minimum absolute atomic E-state index is 0.0561. The van der Waals surface area contributed by atoms with Gasteiger partial charge < -0.3 is 5.73 Å². The Morgan fingerprint density at radius 3 is 2.64 bits per heavy atom. The maximum absolute atomic E-state index is 12.8. The molecule has 1 heterocycles. The number of halogens is 3. The molecule has 0 amide bonds. The molecule has 0 bridgehead atoms. The fourth-order valence-corrected chi connectivity index (χ4v) is 2.34. The number of alkyl halides is 2. The molecular weight excluding hydrogens is 211 g/mol. The summed E-state index contributed by atoms with van der Waals surface area (Å²) >= 11 is 0.979. The van der Waals surface area contributed by atoms with Gasteiger partial charge in [-0.1, -0.05) is 6.07 Å². The molecule has 0 radical (unpaired) electrons. The van der Waals surface area contributed by atoms with Crippen molar-refractivity contribution in [1.82, 2.24) is 0 Å². The molecule has 2 aromatic rings. The molecule has 0 saturated carbocycles. The maximum atomic E-state index is 12.8. The summed E-state index contributed by atoms with van der Waals surface area (Å²) in [5.41, 5.74) is 5.23. The summed E-state index contributed by atoms with van der Waals surface area (Å²) in [6.45, 7) is 0. The van der Waals surface area contributed by atoms with Gasteiger partial charge in [0.1, 0.15) is 5.82 Å². The molecule has 0 fully saturated rings. The van der Waals surface area contributed by atoms with Crippen molar-refractivity contribution in [2.75, 3.05) is 5.73 Å². The number of thiophene rings is 1. The van der Waals surface area contributed by atoms with Gasteiger partial charge in [-0.05, 0) is 12.1 Å². The first kappa shape index (κ1) is 9.33. The second kappa shape index (κ2) is 3.16. The molecule has 1 aromatic carbocycles. The lowest BCUT2D eigenvalue weighted by Crippen LogP contribution is -1.88. The number of fused-ring (bicyclic) bond motifs is 1. The highest BCUT2D eigenvalue weighted by Gasteiger charge is 2.18. The molecule has 1 nitrogen and oxygen atoms in total. The third-order valence-corrected chi connectivity index (χ3v) is 2.93. The van der Waals surface area contributed by atoms with Crippen LogP contribution >= 0.6 is 11.3 Å². The van der Waals surface area contributed by atoms with E-state index in [2.05, 4.69) is 0 Å². The average molecular weight is 217 g/mol. The van der Waals surface area contributed by atoms with E-state index in [4.69, 9.17) is 5.73 Å². The molecule has 2 N–H and O–H groups in total. The van der Waals surface area contributed by atoms with E-state index in [1.165, 1.54) is 12.1 Å². The van der Waals surface area contributed by atoms with E-state index < -0.39 is 12.2 Å². The zero-order valence-electron chi connectivity index (χ0n) is 6.93. The highest BCUT2D eigenvalue weighted by Crippen LogP contribution is 2.39. The first-order valence-electron chi connectivity index (χ1n) is 3.85. The van der Waals surface area contributed by atoms with E-state index in [-0.39, 0.29) is 10.6 Å². The zero-order chi connectivity index (χ0) is 10.3. The third kappa shape index (κ3) is 1.33. The molecule has 74 valence electrons. The molecule has 14 heavy (non-hydrogen) atoms. The quantitative estimate of drug-likeness (QED) is 0.776. The van der Waals surface area contributed by atoms with Crippen molar-refractivity contribution in [3.63, 3.8) is 0 Å². The van der Waals surface area contributed by atoms with E-state index in [0.29, 0.717) is 10.1 Å². The van der Waals surface area contributed by atoms with Crippen LogP contribution in [0.3, 0.4) is 0 Å². The van der Waals surface area contributed by atoms with Gasteiger partial charge in [0.25, 0.3) is 6.43 Å². The number of nitrogens with two attached hydrogens (primary N) is 1. The lowest BCUT2D eigenvalue weighted by atomic mass is 10.2. The Hall–Kier alpha value is -1.23. The summed E-state index contributed by atoms with van der Waals surface area (Å²) in [5.74, 6) is -0.445. The normalized spacial score (nSPS) is 11.4. The number of anilines is 1. The van der Waals surface area contributed by atoms with E-state index >= 15 is 0 Å². The lowest BCUT2D eigenvalue weighted by molar-refractivity contribution is 0.154. The first-order chi connectivity index (χ1) is 6.59. The summed E-state index contributed by atoms with van der Waals surface area (Å²) in [6.07, 6.45) is -2.62. The van der Waals surface area contributed by atoms with Gasteiger partial charge in [-0.15, -0.1) is 11.3 Å². The van der Waals surface area contributed by atoms with Crippen LogP contribution in [0.1, 0.15) is 12.0 Å². The predicted octanol–water partition coefficient (Wildman–Crippen LogP) is 3.56. The van der Waals surface area contributed by atoms with Crippen LogP contribution < -0.4 is 5.73 Å². The van der Waals surface area contributed by atoms with Crippen LogP contribution in [0, 0.1) is 5.82 Å². The lowest BCUT2D eigenvalue weighted by Gasteiger charge is -1.97. The van der Waals surface area contributed by atoms with Crippen LogP contribution in [0.2, 0.25) is 0 Å². The van der Waals surface area contributed by atoms with Crippen LogP contribution in [-0.4, -0.2) is 0 Å². The number of rotatable bonds is 1. The summed E-state index contributed by atoms with van der Waals surface area (Å²) < 4.78 is 38.3. The molecule has 0 atom stereocenters. The van der Waals surface area contributed by atoms with Gasteiger partial charge in [0.15, 0.2) is 0 Å². The van der Waals surface area contributed by atoms with E-state index in [1.54, 1.807) is 0 Å². The molecule has 0 aliphatic heterocycles. The zero-order valence-corrected chi connectivity index (χ0v) is 7.75. The van der Waals surface area contributed by atoms with E-state index in [1.807, 2.05) is 0 Å². The Balaban J connectivity index is 2.77. The Bertz CT molecular complexity index is 478. The standard InChI is InChI=1S/C9H6F3NS/c10-4-1-2-5-6(3-4)14-9(13)7(5)8(11)12/h1-3,8H,13H2. The fraction of sp³-hybridized carbons (Fsp3) is 0.111.